The summed E-state index contributed by atoms with van der Waals surface area (Å²) in [6, 6.07) is 15.7. The Morgan fingerprint density at radius 3 is 2.53 bits per heavy atom. The summed E-state index contributed by atoms with van der Waals surface area (Å²) in [5.41, 5.74) is 2.48. The molecule has 1 aromatic heterocycles. The minimum Gasteiger partial charge on any atom is -0.353 e. The second-order valence-corrected chi connectivity index (χ2v) is 10.1. The maximum atomic E-state index is 12.0. The Hall–Kier alpha value is -2.46. The number of amides is 1. The van der Waals surface area contributed by atoms with Gasteiger partial charge in [-0.15, -0.1) is 0 Å². The van der Waals surface area contributed by atoms with Gasteiger partial charge >= 0.3 is 0 Å². The van der Waals surface area contributed by atoms with E-state index in [-0.39, 0.29) is 5.91 Å². The SMILES string of the molecule is O=C(/C=C\c1cccnc1)NCCCCC1CCN(C(c2ccccc2)C2CCCCC2)CC1. The van der Waals surface area contributed by atoms with E-state index in [0.29, 0.717) is 6.04 Å². The van der Waals surface area contributed by atoms with Gasteiger partial charge in [-0.1, -0.05) is 68.5 Å². The Kier molecular flexibility index (Phi) is 9.74. The molecule has 1 unspecified atom stereocenters. The van der Waals surface area contributed by atoms with Crippen molar-refractivity contribution in [3.05, 3.63) is 72.1 Å². The molecule has 0 spiro atoms. The number of hydrogen-bond donors (Lipinski definition) is 1. The van der Waals surface area contributed by atoms with E-state index in [1.807, 2.05) is 18.2 Å². The maximum absolute atomic E-state index is 12.0. The molecule has 1 saturated heterocycles. The van der Waals surface area contributed by atoms with Gasteiger partial charge in [-0.05, 0) is 80.3 Å². The predicted octanol–water partition coefficient (Wildman–Crippen LogP) is 6.41. The van der Waals surface area contributed by atoms with Crippen LogP contribution in [0, 0.1) is 11.8 Å². The zero-order valence-electron chi connectivity index (χ0n) is 20.6. The number of nitrogens with zero attached hydrogens (tertiary/aromatic N) is 2. The first-order valence-electron chi connectivity index (χ1n) is 13.4. The Bertz CT molecular complexity index is 868. The average Bonchev–Trinajstić information content (AvgIpc) is 2.90. The first-order valence-corrected chi connectivity index (χ1v) is 13.4. The minimum atomic E-state index is -0.0215. The monoisotopic (exact) mass is 459 g/mol. The van der Waals surface area contributed by atoms with Crippen molar-refractivity contribution < 1.29 is 4.79 Å². The van der Waals surface area contributed by atoms with Crippen molar-refractivity contribution in [2.75, 3.05) is 19.6 Å². The summed E-state index contributed by atoms with van der Waals surface area (Å²) in [4.78, 5) is 18.9. The van der Waals surface area contributed by atoms with Crippen LogP contribution in [0.5, 0.6) is 0 Å². The first kappa shape index (κ1) is 24.7. The molecule has 1 atom stereocenters. The third kappa shape index (κ3) is 7.53. The van der Waals surface area contributed by atoms with Gasteiger partial charge in [0.15, 0.2) is 0 Å². The van der Waals surface area contributed by atoms with Crippen LogP contribution in [0.4, 0.5) is 0 Å². The molecular weight excluding hydrogens is 418 g/mol. The fourth-order valence-corrected chi connectivity index (χ4v) is 5.88. The highest BCUT2D eigenvalue weighted by molar-refractivity contribution is 5.91. The fraction of sp³-hybridized carbons (Fsp3) is 0.533. The standard InChI is InChI=1S/C30H41N3O/c34-29(17-16-26-11-9-20-31-24-26)32-21-8-7-10-25-18-22-33(23-19-25)30(27-12-3-1-4-13-27)28-14-5-2-6-15-28/h1,3-4,9,11-13,16-17,20,24-25,28,30H,2,5-8,10,14-15,18-19,21-23H2,(H,32,34)/b17-16-. The number of carbonyl (C=O) groups excluding carboxylic acids is 1. The molecule has 4 heteroatoms. The lowest BCUT2D eigenvalue weighted by Gasteiger charge is -2.43. The number of piperidine rings is 1. The molecule has 2 aliphatic rings. The van der Waals surface area contributed by atoms with E-state index >= 15 is 0 Å². The molecule has 4 nitrogen and oxygen atoms in total. The zero-order chi connectivity index (χ0) is 23.4. The Morgan fingerprint density at radius 2 is 1.79 bits per heavy atom. The van der Waals surface area contributed by atoms with Crippen LogP contribution in [0.25, 0.3) is 6.08 Å². The number of nitrogens with one attached hydrogen (secondary N) is 1. The van der Waals surface area contributed by atoms with Crippen molar-refractivity contribution in [3.8, 4) is 0 Å². The summed E-state index contributed by atoms with van der Waals surface area (Å²) in [7, 11) is 0. The molecule has 1 amide bonds. The van der Waals surface area contributed by atoms with Gasteiger partial charge in [0.05, 0.1) is 0 Å². The van der Waals surface area contributed by atoms with E-state index in [1.165, 1.54) is 76.4 Å². The number of carbonyl (C=O) groups is 1. The van der Waals surface area contributed by atoms with Gasteiger partial charge in [0.25, 0.3) is 0 Å². The molecule has 1 aliphatic heterocycles. The molecule has 2 aromatic rings. The van der Waals surface area contributed by atoms with Crippen LogP contribution in [0.3, 0.4) is 0 Å². The van der Waals surface area contributed by atoms with E-state index in [4.69, 9.17) is 0 Å². The second kappa shape index (κ2) is 13.4. The summed E-state index contributed by atoms with van der Waals surface area (Å²) >= 11 is 0. The molecule has 0 bridgehead atoms. The predicted molar refractivity (Wildman–Crippen MR) is 140 cm³/mol. The van der Waals surface area contributed by atoms with Crippen molar-refractivity contribution in [3.63, 3.8) is 0 Å². The van der Waals surface area contributed by atoms with E-state index in [2.05, 4.69) is 45.5 Å². The highest BCUT2D eigenvalue weighted by atomic mass is 16.1. The second-order valence-electron chi connectivity index (χ2n) is 10.1. The van der Waals surface area contributed by atoms with Crippen molar-refractivity contribution >= 4 is 12.0 Å². The van der Waals surface area contributed by atoms with E-state index in [1.54, 1.807) is 18.5 Å². The molecule has 182 valence electrons. The average molecular weight is 460 g/mol. The number of likely N-dealkylation sites (tertiary alicyclic amines) is 1. The molecule has 34 heavy (non-hydrogen) atoms. The largest absolute Gasteiger partial charge is 0.353 e. The Balaban J connectivity index is 1.16. The smallest absolute Gasteiger partial charge is 0.243 e. The van der Waals surface area contributed by atoms with Gasteiger partial charge in [0.1, 0.15) is 0 Å². The zero-order valence-corrected chi connectivity index (χ0v) is 20.6. The summed E-state index contributed by atoms with van der Waals surface area (Å²) < 4.78 is 0. The normalized spacial score (nSPS) is 19.3. The first-order chi connectivity index (χ1) is 16.8. The maximum Gasteiger partial charge on any atom is 0.243 e. The van der Waals surface area contributed by atoms with Crippen LogP contribution in [0.15, 0.2) is 60.9 Å². The van der Waals surface area contributed by atoms with Crippen LogP contribution in [-0.2, 0) is 4.79 Å². The highest BCUT2D eigenvalue weighted by Gasteiger charge is 2.32. The molecule has 1 N–H and O–H groups in total. The summed E-state index contributed by atoms with van der Waals surface area (Å²) in [5.74, 6) is 1.63. The van der Waals surface area contributed by atoms with Crippen molar-refractivity contribution in [1.29, 1.82) is 0 Å². The summed E-state index contributed by atoms with van der Waals surface area (Å²) in [6.07, 6.45) is 20.1. The van der Waals surface area contributed by atoms with E-state index < -0.39 is 0 Å². The van der Waals surface area contributed by atoms with Gasteiger partial charge < -0.3 is 5.32 Å². The van der Waals surface area contributed by atoms with Crippen molar-refractivity contribution in [2.24, 2.45) is 11.8 Å². The summed E-state index contributed by atoms with van der Waals surface area (Å²) in [5, 5.41) is 3.01. The molecule has 2 heterocycles. The number of unbranched alkanes of at least 4 members (excludes halogenated alkanes) is 1. The topological polar surface area (TPSA) is 45.2 Å². The third-order valence-electron chi connectivity index (χ3n) is 7.73. The number of hydrogen-bond acceptors (Lipinski definition) is 3. The van der Waals surface area contributed by atoms with Crippen LogP contribution < -0.4 is 5.32 Å². The van der Waals surface area contributed by atoms with Crippen molar-refractivity contribution in [2.45, 2.75) is 70.3 Å². The van der Waals surface area contributed by atoms with Gasteiger partial charge in [0, 0.05) is 31.1 Å². The van der Waals surface area contributed by atoms with Gasteiger partial charge in [-0.2, -0.15) is 0 Å². The minimum absolute atomic E-state index is 0.0215. The lowest BCUT2D eigenvalue weighted by atomic mass is 9.79. The number of benzene rings is 1. The number of aromatic nitrogens is 1. The molecule has 2 fully saturated rings. The third-order valence-corrected chi connectivity index (χ3v) is 7.73. The van der Waals surface area contributed by atoms with Gasteiger partial charge in [-0.3, -0.25) is 14.7 Å². The van der Waals surface area contributed by atoms with Crippen LogP contribution in [0.1, 0.15) is 81.4 Å². The lowest BCUT2D eigenvalue weighted by molar-refractivity contribution is -0.116. The molecule has 4 rings (SSSR count). The van der Waals surface area contributed by atoms with Crippen LogP contribution >= 0.6 is 0 Å². The number of rotatable bonds is 10. The molecule has 0 radical (unpaired) electrons. The fourth-order valence-electron chi connectivity index (χ4n) is 5.88. The summed E-state index contributed by atoms with van der Waals surface area (Å²) in [6.45, 7) is 3.22. The molecule has 1 aromatic carbocycles. The molecule has 1 saturated carbocycles. The van der Waals surface area contributed by atoms with E-state index in [9.17, 15) is 4.79 Å². The van der Waals surface area contributed by atoms with Crippen molar-refractivity contribution in [1.82, 2.24) is 15.2 Å². The van der Waals surface area contributed by atoms with E-state index in [0.717, 1.165) is 30.4 Å². The highest BCUT2D eigenvalue weighted by Crippen LogP contribution is 2.40. The number of pyridine rings is 1. The quantitative estimate of drug-likeness (QED) is 0.330. The van der Waals surface area contributed by atoms with Crippen LogP contribution in [-0.4, -0.2) is 35.4 Å². The lowest BCUT2D eigenvalue weighted by Crippen LogP contribution is -2.40. The van der Waals surface area contributed by atoms with Gasteiger partial charge in [0.2, 0.25) is 5.91 Å². The molecule has 1 aliphatic carbocycles. The Labute approximate surface area is 205 Å². The molecular formula is C30H41N3O. The van der Waals surface area contributed by atoms with Crippen LogP contribution in [0.2, 0.25) is 0 Å². The Morgan fingerprint density at radius 1 is 1.00 bits per heavy atom. The van der Waals surface area contributed by atoms with Gasteiger partial charge in [-0.25, -0.2) is 0 Å².